The number of pyridine rings is 1. The molecule has 0 spiro atoms. The van der Waals surface area contributed by atoms with E-state index in [0.717, 1.165) is 24.4 Å². The Bertz CT molecular complexity index is 1610. The largest absolute Gasteiger partial charge is 0.493 e. The number of hydrogen-bond donors (Lipinski definition) is 4. The summed E-state index contributed by atoms with van der Waals surface area (Å²) in [5, 5.41) is 17.2. The molecule has 0 aliphatic carbocycles. The van der Waals surface area contributed by atoms with Gasteiger partial charge in [-0.25, -0.2) is 8.78 Å². The second-order valence-electron chi connectivity index (χ2n) is 8.78. The number of hydrogen-bond acceptors (Lipinski definition) is 8. The SMILES string of the molecule is COc1cc2nccc(Oc3ccc(NC(=O)/C(=C/NCCCO)C(=O)Nc4ccc(F)cc4)c(F)c3)c2cc1OC. The number of aromatic nitrogens is 1. The van der Waals surface area contributed by atoms with E-state index in [4.69, 9.17) is 19.3 Å². The number of methoxy groups -OCH3 is 2. The van der Waals surface area contributed by atoms with Crippen LogP contribution in [-0.2, 0) is 9.59 Å². The molecule has 4 rings (SSSR count). The van der Waals surface area contributed by atoms with Gasteiger partial charge in [0.15, 0.2) is 11.5 Å². The lowest BCUT2D eigenvalue weighted by molar-refractivity contribution is -0.118. The first kappa shape index (κ1) is 29.7. The highest BCUT2D eigenvalue weighted by atomic mass is 19.1. The summed E-state index contributed by atoms with van der Waals surface area (Å²) in [5.41, 5.74) is 0.252. The maximum absolute atomic E-state index is 15.1. The molecule has 0 saturated carbocycles. The van der Waals surface area contributed by atoms with Crippen molar-refractivity contribution in [1.29, 1.82) is 0 Å². The highest BCUT2D eigenvalue weighted by Gasteiger charge is 2.21. The molecule has 0 atom stereocenters. The van der Waals surface area contributed by atoms with Crippen LogP contribution in [0.15, 0.2) is 78.6 Å². The summed E-state index contributed by atoms with van der Waals surface area (Å²) in [4.78, 5) is 30.2. The second-order valence-corrected chi connectivity index (χ2v) is 8.78. The van der Waals surface area contributed by atoms with Gasteiger partial charge in [-0.2, -0.15) is 0 Å². The molecule has 0 bridgehead atoms. The Balaban J connectivity index is 1.52. The minimum atomic E-state index is -0.903. The van der Waals surface area contributed by atoms with E-state index in [1.807, 2.05) is 0 Å². The summed E-state index contributed by atoms with van der Waals surface area (Å²) in [6.45, 7) is 0.181. The molecule has 0 aliphatic rings. The Hall–Kier alpha value is -5.23. The Morgan fingerprint density at radius 2 is 1.62 bits per heavy atom. The summed E-state index contributed by atoms with van der Waals surface area (Å²) in [7, 11) is 3.01. The van der Waals surface area contributed by atoms with Gasteiger partial charge < -0.3 is 35.3 Å². The number of aliphatic hydroxyl groups is 1. The lowest BCUT2D eigenvalue weighted by Crippen LogP contribution is -2.28. The smallest absolute Gasteiger partial charge is 0.262 e. The monoisotopic (exact) mass is 578 g/mol. The molecule has 42 heavy (non-hydrogen) atoms. The summed E-state index contributed by atoms with van der Waals surface area (Å²) in [5.74, 6) is -1.55. The number of rotatable bonds is 12. The van der Waals surface area contributed by atoms with Gasteiger partial charge in [-0.3, -0.25) is 14.6 Å². The second kappa shape index (κ2) is 13.9. The first-order chi connectivity index (χ1) is 20.3. The fourth-order valence-electron chi connectivity index (χ4n) is 3.83. The van der Waals surface area contributed by atoms with E-state index in [1.54, 1.807) is 18.2 Å². The summed E-state index contributed by atoms with van der Waals surface area (Å²) < 4.78 is 44.9. The standard InChI is InChI=1S/C30H28F2N4O6/c1-40-27-15-21-25(16-28(27)41-2)34-12-10-26(21)42-20-8-9-24(23(32)14-20)36-30(39)22(17-33-11-3-13-37)29(38)35-19-6-4-18(31)5-7-19/h4-10,12,14-17,33,37H,3,11,13H2,1-2H3,(H,35,38)(H,36,39)/b22-17+. The molecule has 4 N–H and O–H groups in total. The third-order valence-corrected chi connectivity index (χ3v) is 5.94. The highest BCUT2D eigenvalue weighted by molar-refractivity contribution is 6.26. The molecule has 218 valence electrons. The summed E-state index contributed by atoms with van der Waals surface area (Å²) in [6.07, 6.45) is 3.07. The minimum Gasteiger partial charge on any atom is -0.493 e. The van der Waals surface area contributed by atoms with E-state index in [9.17, 15) is 14.0 Å². The van der Waals surface area contributed by atoms with Gasteiger partial charge in [-0.15, -0.1) is 0 Å². The van der Waals surface area contributed by atoms with Gasteiger partial charge in [0.2, 0.25) is 0 Å². The van der Waals surface area contributed by atoms with Crippen molar-refractivity contribution in [1.82, 2.24) is 10.3 Å². The van der Waals surface area contributed by atoms with E-state index < -0.39 is 23.4 Å². The minimum absolute atomic E-state index is 0.0964. The van der Waals surface area contributed by atoms with Gasteiger partial charge in [0.1, 0.15) is 28.7 Å². The van der Waals surface area contributed by atoms with E-state index in [0.29, 0.717) is 34.6 Å². The fourth-order valence-corrected chi connectivity index (χ4v) is 3.83. The lowest BCUT2D eigenvalue weighted by atomic mass is 10.1. The number of nitrogens with one attached hydrogen (secondary N) is 3. The van der Waals surface area contributed by atoms with Crippen LogP contribution in [0.4, 0.5) is 20.2 Å². The van der Waals surface area contributed by atoms with Crippen molar-refractivity contribution in [3.8, 4) is 23.0 Å². The van der Waals surface area contributed by atoms with Gasteiger partial charge in [0.25, 0.3) is 11.8 Å². The molecule has 0 fully saturated rings. The number of halogens is 2. The van der Waals surface area contributed by atoms with Crippen molar-refractivity contribution < 1.29 is 37.7 Å². The van der Waals surface area contributed by atoms with Crippen LogP contribution < -0.4 is 30.2 Å². The van der Waals surface area contributed by atoms with E-state index in [-0.39, 0.29) is 35.8 Å². The number of carbonyl (C=O) groups excluding carboxylic acids is 2. The van der Waals surface area contributed by atoms with Gasteiger partial charge >= 0.3 is 0 Å². The fraction of sp³-hybridized carbons (Fsp3) is 0.167. The highest BCUT2D eigenvalue weighted by Crippen LogP contribution is 2.37. The number of benzene rings is 3. The van der Waals surface area contributed by atoms with Crippen molar-refractivity contribution in [2.75, 3.05) is 38.0 Å². The van der Waals surface area contributed by atoms with E-state index >= 15 is 4.39 Å². The maximum Gasteiger partial charge on any atom is 0.262 e. The van der Waals surface area contributed by atoms with Crippen molar-refractivity contribution in [3.05, 3.63) is 90.3 Å². The molecular formula is C30H28F2N4O6. The Labute approximate surface area is 239 Å². The van der Waals surface area contributed by atoms with Crippen molar-refractivity contribution >= 4 is 34.1 Å². The molecule has 0 unspecified atom stereocenters. The number of nitrogens with zero attached hydrogens (tertiary/aromatic N) is 1. The Morgan fingerprint density at radius 1 is 0.905 bits per heavy atom. The molecule has 0 saturated heterocycles. The predicted molar refractivity (Wildman–Crippen MR) is 153 cm³/mol. The summed E-state index contributed by atoms with van der Waals surface area (Å²) in [6, 6.07) is 13.8. The lowest BCUT2D eigenvalue weighted by Gasteiger charge is -2.14. The molecule has 1 heterocycles. The van der Waals surface area contributed by atoms with Crippen LogP contribution in [-0.4, -0.2) is 49.3 Å². The average molecular weight is 579 g/mol. The topological polar surface area (TPSA) is 131 Å². The van der Waals surface area contributed by atoms with Crippen LogP contribution in [0.1, 0.15) is 6.42 Å². The number of ether oxygens (including phenoxy) is 3. The van der Waals surface area contributed by atoms with Crippen molar-refractivity contribution in [2.24, 2.45) is 0 Å². The molecule has 10 nitrogen and oxygen atoms in total. The molecular weight excluding hydrogens is 550 g/mol. The van der Waals surface area contributed by atoms with Crippen LogP contribution in [0, 0.1) is 11.6 Å². The molecule has 0 radical (unpaired) electrons. The van der Waals surface area contributed by atoms with Crippen LogP contribution in [0.2, 0.25) is 0 Å². The predicted octanol–water partition coefficient (Wildman–Crippen LogP) is 4.76. The number of fused-ring (bicyclic) bond motifs is 1. The molecule has 4 aromatic rings. The van der Waals surface area contributed by atoms with Gasteiger partial charge in [0.05, 0.1) is 25.4 Å². The number of aliphatic hydroxyl groups excluding tert-OH is 1. The molecule has 12 heteroatoms. The first-order valence-electron chi connectivity index (χ1n) is 12.7. The zero-order chi connectivity index (χ0) is 30.1. The van der Waals surface area contributed by atoms with Crippen LogP contribution in [0.25, 0.3) is 10.9 Å². The number of anilines is 2. The zero-order valence-electron chi connectivity index (χ0n) is 22.7. The van der Waals surface area contributed by atoms with Crippen LogP contribution in [0.5, 0.6) is 23.0 Å². The molecule has 2 amide bonds. The number of amides is 2. The molecule has 1 aromatic heterocycles. The normalized spacial score (nSPS) is 11.1. The van der Waals surface area contributed by atoms with Gasteiger partial charge in [-0.1, -0.05) is 0 Å². The van der Waals surface area contributed by atoms with Crippen molar-refractivity contribution in [3.63, 3.8) is 0 Å². The zero-order valence-corrected chi connectivity index (χ0v) is 22.7. The van der Waals surface area contributed by atoms with Crippen LogP contribution >= 0.6 is 0 Å². The van der Waals surface area contributed by atoms with E-state index in [2.05, 4.69) is 20.9 Å². The molecule has 0 aliphatic heterocycles. The summed E-state index contributed by atoms with van der Waals surface area (Å²) >= 11 is 0. The van der Waals surface area contributed by atoms with Gasteiger partial charge in [0, 0.05) is 48.8 Å². The third-order valence-electron chi connectivity index (χ3n) is 5.94. The Morgan fingerprint density at radius 3 is 2.31 bits per heavy atom. The van der Waals surface area contributed by atoms with Crippen LogP contribution in [0.3, 0.4) is 0 Å². The number of carbonyl (C=O) groups is 2. The van der Waals surface area contributed by atoms with E-state index in [1.165, 1.54) is 44.7 Å². The maximum atomic E-state index is 15.1. The average Bonchev–Trinajstić information content (AvgIpc) is 2.99. The third kappa shape index (κ3) is 7.29. The quantitative estimate of drug-likeness (QED) is 0.0820. The Kier molecular flexibility index (Phi) is 9.85. The van der Waals surface area contributed by atoms with Crippen molar-refractivity contribution in [2.45, 2.75) is 6.42 Å². The first-order valence-corrected chi connectivity index (χ1v) is 12.7. The molecule has 3 aromatic carbocycles. The van der Waals surface area contributed by atoms with Gasteiger partial charge in [-0.05, 0) is 55.0 Å².